The topological polar surface area (TPSA) is 54.4 Å². The predicted molar refractivity (Wildman–Crippen MR) is 66.1 cm³/mol. The van der Waals surface area contributed by atoms with E-state index in [1.165, 1.54) is 0 Å². The summed E-state index contributed by atoms with van der Waals surface area (Å²) in [5, 5.41) is 10.2. The molecule has 0 amide bonds. The molecule has 3 nitrogen and oxygen atoms in total. The van der Waals surface area contributed by atoms with Crippen molar-refractivity contribution in [2.75, 3.05) is 11.5 Å². The van der Waals surface area contributed by atoms with Crippen LogP contribution in [0.1, 0.15) is 12.0 Å². The maximum Gasteiger partial charge on any atom is 0.153 e. The van der Waals surface area contributed by atoms with E-state index < -0.39 is 15.4 Å². The van der Waals surface area contributed by atoms with Crippen molar-refractivity contribution in [3.8, 4) is 0 Å². The van der Waals surface area contributed by atoms with Crippen LogP contribution in [0.15, 0.2) is 28.7 Å². The number of rotatable bonds is 2. The van der Waals surface area contributed by atoms with Crippen LogP contribution in [0.4, 0.5) is 0 Å². The molecule has 16 heavy (non-hydrogen) atoms. The van der Waals surface area contributed by atoms with E-state index in [0.29, 0.717) is 12.8 Å². The number of hydrogen-bond donors (Lipinski definition) is 1. The summed E-state index contributed by atoms with van der Waals surface area (Å²) in [5.41, 5.74) is -0.116. The second-order valence-electron chi connectivity index (χ2n) is 4.37. The lowest BCUT2D eigenvalue weighted by Crippen LogP contribution is -2.32. The van der Waals surface area contributed by atoms with Crippen LogP contribution < -0.4 is 0 Å². The molecule has 1 atom stereocenters. The molecule has 0 saturated carbocycles. The minimum Gasteiger partial charge on any atom is -0.388 e. The molecule has 1 aromatic rings. The standard InChI is InChI=1S/C11H13BrO3S/c12-10-3-1-9(2-4-10)7-11(13)5-6-16(14,15)8-11/h1-4,13H,5-8H2. The normalized spacial score (nSPS) is 28.1. The summed E-state index contributed by atoms with van der Waals surface area (Å²) in [4.78, 5) is 0. The van der Waals surface area contributed by atoms with E-state index in [2.05, 4.69) is 15.9 Å². The fourth-order valence-corrected chi connectivity index (χ4v) is 4.19. The van der Waals surface area contributed by atoms with E-state index in [4.69, 9.17) is 0 Å². The Morgan fingerprint density at radius 3 is 2.44 bits per heavy atom. The highest BCUT2D eigenvalue weighted by Gasteiger charge is 2.40. The first kappa shape index (κ1) is 12.1. The van der Waals surface area contributed by atoms with Crippen molar-refractivity contribution in [2.24, 2.45) is 0 Å². The third-order valence-corrected chi connectivity index (χ3v) is 5.15. The van der Waals surface area contributed by atoms with E-state index in [0.717, 1.165) is 10.0 Å². The fraction of sp³-hybridized carbons (Fsp3) is 0.455. The lowest BCUT2D eigenvalue weighted by atomic mass is 9.94. The molecule has 1 saturated heterocycles. The highest BCUT2D eigenvalue weighted by molar-refractivity contribution is 9.10. The van der Waals surface area contributed by atoms with Crippen molar-refractivity contribution in [2.45, 2.75) is 18.4 Å². The molecule has 0 spiro atoms. The Labute approximate surface area is 104 Å². The van der Waals surface area contributed by atoms with Crippen molar-refractivity contribution in [3.05, 3.63) is 34.3 Å². The Morgan fingerprint density at radius 1 is 1.31 bits per heavy atom. The summed E-state index contributed by atoms with van der Waals surface area (Å²) in [6.45, 7) is 0. The molecule has 1 aromatic carbocycles. The first-order valence-corrected chi connectivity index (χ1v) is 7.67. The Kier molecular flexibility index (Phi) is 3.11. The van der Waals surface area contributed by atoms with Crippen LogP contribution in [0.3, 0.4) is 0 Å². The number of benzene rings is 1. The van der Waals surface area contributed by atoms with Crippen LogP contribution >= 0.6 is 15.9 Å². The molecular weight excluding hydrogens is 292 g/mol. The molecule has 5 heteroatoms. The smallest absolute Gasteiger partial charge is 0.153 e. The Bertz CT molecular complexity index is 480. The Hall–Kier alpha value is -0.390. The third kappa shape index (κ3) is 2.84. The van der Waals surface area contributed by atoms with Gasteiger partial charge in [0, 0.05) is 10.9 Å². The van der Waals surface area contributed by atoms with Gasteiger partial charge in [-0.15, -0.1) is 0 Å². The zero-order valence-electron chi connectivity index (χ0n) is 8.69. The molecule has 1 fully saturated rings. The first-order valence-electron chi connectivity index (χ1n) is 5.06. The van der Waals surface area contributed by atoms with Crippen LogP contribution in [-0.4, -0.2) is 30.6 Å². The highest BCUT2D eigenvalue weighted by atomic mass is 79.9. The van der Waals surface area contributed by atoms with Crippen LogP contribution in [0.2, 0.25) is 0 Å². The van der Waals surface area contributed by atoms with Gasteiger partial charge in [-0.3, -0.25) is 0 Å². The zero-order chi connectivity index (χ0) is 11.8. The van der Waals surface area contributed by atoms with Crippen molar-refractivity contribution in [1.82, 2.24) is 0 Å². The molecule has 0 radical (unpaired) electrons. The predicted octanol–water partition coefficient (Wildman–Crippen LogP) is 1.54. The van der Waals surface area contributed by atoms with Gasteiger partial charge in [-0.25, -0.2) is 8.42 Å². The Morgan fingerprint density at radius 2 is 1.94 bits per heavy atom. The fourth-order valence-electron chi connectivity index (χ4n) is 2.02. The van der Waals surface area contributed by atoms with Gasteiger partial charge in [-0.05, 0) is 24.1 Å². The van der Waals surface area contributed by atoms with Crippen molar-refractivity contribution >= 4 is 25.8 Å². The molecule has 88 valence electrons. The molecule has 0 aliphatic carbocycles. The van der Waals surface area contributed by atoms with Gasteiger partial charge in [0.25, 0.3) is 0 Å². The number of sulfone groups is 1. The largest absolute Gasteiger partial charge is 0.388 e. The average molecular weight is 305 g/mol. The zero-order valence-corrected chi connectivity index (χ0v) is 11.1. The van der Waals surface area contributed by atoms with E-state index in [-0.39, 0.29) is 11.5 Å². The Balaban J connectivity index is 2.13. The van der Waals surface area contributed by atoms with Crippen LogP contribution in [-0.2, 0) is 16.3 Å². The van der Waals surface area contributed by atoms with E-state index in [9.17, 15) is 13.5 Å². The second kappa shape index (κ2) is 4.13. The van der Waals surface area contributed by atoms with Gasteiger partial charge in [0.1, 0.15) is 0 Å². The summed E-state index contributed by atoms with van der Waals surface area (Å²) in [6, 6.07) is 7.57. The van der Waals surface area contributed by atoms with Crippen molar-refractivity contribution < 1.29 is 13.5 Å². The lowest BCUT2D eigenvalue weighted by molar-refractivity contribution is 0.0682. The maximum absolute atomic E-state index is 11.3. The lowest BCUT2D eigenvalue weighted by Gasteiger charge is -2.20. The van der Waals surface area contributed by atoms with Crippen LogP contribution in [0, 0.1) is 0 Å². The average Bonchev–Trinajstić information content (AvgIpc) is 2.45. The summed E-state index contributed by atoms with van der Waals surface area (Å²) in [7, 11) is -3.04. The van der Waals surface area contributed by atoms with Crippen LogP contribution in [0.25, 0.3) is 0 Å². The number of halogens is 1. The minimum atomic E-state index is -3.04. The van der Waals surface area contributed by atoms with Gasteiger partial charge in [0.2, 0.25) is 0 Å². The molecular formula is C11H13BrO3S. The van der Waals surface area contributed by atoms with Crippen LogP contribution in [0.5, 0.6) is 0 Å². The minimum absolute atomic E-state index is 0.0973. The van der Waals surface area contributed by atoms with E-state index in [1.807, 2.05) is 24.3 Å². The van der Waals surface area contributed by atoms with E-state index >= 15 is 0 Å². The quantitative estimate of drug-likeness (QED) is 0.902. The third-order valence-electron chi connectivity index (χ3n) is 2.81. The van der Waals surface area contributed by atoms with Gasteiger partial charge >= 0.3 is 0 Å². The van der Waals surface area contributed by atoms with Gasteiger partial charge in [-0.1, -0.05) is 28.1 Å². The van der Waals surface area contributed by atoms with Crippen molar-refractivity contribution in [3.63, 3.8) is 0 Å². The summed E-state index contributed by atoms with van der Waals surface area (Å²) < 4.78 is 23.6. The van der Waals surface area contributed by atoms with Gasteiger partial charge in [0.05, 0.1) is 17.1 Å². The SMILES string of the molecule is O=S1(=O)CCC(O)(Cc2ccc(Br)cc2)C1. The molecule has 0 bridgehead atoms. The molecule has 1 unspecified atom stereocenters. The summed E-state index contributed by atoms with van der Waals surface area (Å²) >= 11 is 3.33. The first-order chi connectivity index (χ1) is 7.39. The summed E-state index contributed by atoms with van der Waals surface area (Å²) in [5.74, 6) is -0.0178. The number of hydrogen-bond acceptors (Lipinski definition) is 3. The highest BCUT2D eigenvalue weighted by Crippen LogP contribution is 2.27. The van der Waals surface area contributed by atoms with Crippen molar-refractivity contribution in [1.29, 1.82) is 0 Å². The second-order valence-corrected chi connectivity index (χ2v) is 7.47. The number of aliphatic hydroxyl groups is 1. The summed E-state index contributed by atoms with van der Waals surface area (Å²) in [6.07, 6.45) is 0.741. The maximum atomic E-state index is 11.3. The molecule has 1 N–H and O–H groups in total. The van der Waals surface area contributed by atoms with Gasteiger partial charge in [-0.2, -0.15) is 0 Å². The molecule has 0 aromatic heterocycles. The molecule has 1 aliphatic rings. The molecule has 1 aliphatic heterocycles. The van der Waals surface area contributed by atoms with E-state index in [1.54, 1.807) is 0 Å². The van der Waals surface area contributed by atoms with Gasteiger partial charge in [0.15, 0.2) is 9.84 Å². The van der Waals surface area contributed by atoms with Gasteiger partial charge < -0.3 is 5.11 Å². The molecule has 2 rings (SSSR count). The molecule has 1 heterocycles. The monoisotopic (exact) mass is 304 g/mol.